The Morgan fingerprint density at radius 3 is 2.50 bits per heavy atom. The number of benzene rings is 1. The van der Waals surface area contributed by atoms with E-state index in [9.17, 15) is 0 Å². The summed E-state index contributed by atoms with van der Waals surface area (Å²) in [4.78, 5) is 4.75. The molecule has 0 aliphatic heterocycles. The van der Waals surface area contributed by atoms with Crippen molar-refractivity contribution in [3.8, 4) is 0 Å². The molecular formula is C20H32IN5. The first-order chi connectivity index (χ1) is 12.0. The molecule has 0 amide bonds. The van der Waals surface area contributed by atoms with Gasteiger partial charge in [-0.05, 0) is 46.1 Å². The average molecular weight is 469 g/mol. The van der Waals surface area contributed by atoms with Gasteiger partial charge in [0.2, 0.25) is 0 Å². The number of nitrogens with one attached hydrogen (secondary N) is 2. The van der Waals surface area contributed by atoms with Crippen molar-refractivity contribution in [1.82, 2.24) is 20.4 Å². The van der Waals surface area contributed by atoms with Crippen molar-refractivity contribution in [1.29, 1.82) is 0 Å². The highest BCUT2D eigenvalue weighted by atomic mass is 127. The molecule has 2 N–H and O–H groups in total. The fourth-order valence-corrected chi connectivity index (χ4v) is 2.86. The first kappa shape index (κ1) is 22.5. The van der Waals surface area contributed by atoms with Crippen LogP contribution in [0.5, 0.6) is 0 Å². The van der Waals surface area contributed by atoms with Crippen molar-refractivity contribution in [3.63, 3.8) is 0 Å². The highest BCUT2D eigenvalue weighted by Crippen LogP contribution is 2.13. The summed E-state index contributed by atoms with van der Waals surface area (Å²) in [5, 5.41) is 11.3. The van der Waals surface area contributed by atoms with Crippen LogP contribution in [0.15, 0.2) is 35.3 Å². The van der Waals surface area contributed by atoms with Crippen LogP contribution in [0.1, 0.15) is 42.8 Å². The van der Waals surface area contributed by atoms with Crippen LogP contribution in [-0.4, -0.2) is 28.3 Å². The van der Waals surface area contributed by atoms with Gasteiger partial charge in [-0.2, -0.15) is 5.10 Å². The van der Waals surface area contributed by atoms with E-state index in [4.69, 9.17) is 4.99 Å². The zero-order chi connectivity index (χ0) is 18.2. The first-order valence-corrected chi connectivity index (χ1v) is 9.09. The molecule has 1 unspecified atom stereocenters. The number of hydrogen-bond acceptors (Lipinski definition) is 2. The van der Waals surface area contributed by atoms with Gasteiger partial charge in [-0.15, -0.1) is 24.0 Å². The summed E-state index contributed by atoms with van der Waals surface area (Å²) in [6.45, 7) is 9.92. The highest BCUT2D eigenvalue weighted by molar-refractivity contribution is 14.0. The molecule has 1 aromatic heterocycles. The second kappa shape index (κ2) is 11.2. The molecule has 0 fully saturated rings. The lowest BCUT2D eigenvalue weighted by Gasteiger charge is -2.18. The summed E-state index contributed by atoms with van der Waals surface area (Å²) >= 11 is 0. The predicted octanol–water partition coefficient (Wildman–Crippen LogP) is 3.73. The van der Waals surface area contributed by atoms with Crippen molar-refractivity contribution in [2.45, 2.75) is 53.1 Å². The predicted molar refractivity (Wildman–Crippen MR) is 120 cm³/mol. The van der Waals surface area contributed by atoms with Crippen molar-refractivity contribution in [2.75, 3.05) is 6.54 Å². The van der Waals surface area contributed by atoms with Gasteiger partial charge in [0.1, 0.15) is 0 Å². The van der Waals surface area contributed by atoms with E-state index < -0.39 is 0 Å². The lowest BCUT2D eigenvalue weighted by Crippen LogP contribution is -2.42. The topological polar surface area (TPSA) is 54.2 Å². The monoisotopic (exact) mass is 469 g/mol. The number of aliphatic imine (C=N–C) groups is 1. The van der Waals surface area contributed by atoms with Crippen molar-refractivity contribution < 1.29 is 0 Å². The van der Waals surface area contributed by atoms with Crippen LogP contribution in [0.4, 0.5) is 0 Å². The molecule has 1 heterocycles. The van der Waals surface area contributed by atoms with E-state index in [1.54, 1.807) is 0 Å². The molecule has 144 valence electrons. The third-order valence-corrected chi connectivity index (χ3v) is 4.49. The number of aromatic nitrogens is 2. The third kappa shape index (κ3) is 6.63. The van der Waals surface area contributed by atoms with Gasteiger partial charge in [-0.1, -0.05) is 30.3 Å². The zero-order valence-electron chi connectivity index (χ0n) is 16.5. The minimum Gasteiger partial charge on any atom is -0.357 e. The molecule has 1 aromatic carbocycles. The Labute approximate surface area is 174 Å². The molecule has 6 heteroatoms. The molecule has 5 nitrogen and oxygen atoms in total. The van der Waals surface area contributed by atoms with Crippen molar-refractivity contribution in [3.05, 3.63) is 52.8 Å². The summed E-state index contributed by atoms with van der Waals surface area (Å²) in [6, 6.07) is 11.0. The first-order valence-electron chi connectivity index (χ1n) is 9.09. The summed E-state index contributed by atoms with van der Waals surface area (Å²) < 4.78 is 1.92. The number of halogens is 1. The normalized spacial score (nSPS) is 12.4. The maximum Gasteiger partial charge on any atom is 0.191 e. The molecule has 2 aromatic rings. The Morgan fingerprint density at radius 2 is 1.92 bits per heavy atom. The van der Waals surface area contributed by atoms with Crippen molar-refractivity contribution >= 4 is 29.9 Å². The molecule has 0 radical (unpaired) electrons. The fourth-order valence-electron chi connectivity index (χ4n) is 2.86. The Bertz CT molecular complexity index is 694. The molecule has 0 bridgehead atoms. The summed E-state index contributed by atoms with van der Waals surface area (Å²) in [5.41, 5.74) is 4.81. The van der Waals surface area contributed by atoms with E-state index in [0.29, 0.717) is 12.6 Å². The zero-order valence-corrected chi connectivity index (χ0v) is 18.9. The number of rotatable bonds is 7. The number of nitrogens with zero attached hydrogens (tertiary/aromatic N) is 3. The Balaban J connectivity index is 0.00000338. The highest BCUT2D eigenvalue weighted by Gasteiger charge is 2.10. The Morgan fingerprint density at radius 1 is 1.23 bits per heavy atom. The summed E-state index contributed by atoms with van der Waals surface area (Å²) in [6.07, 6.45) is 2.13. The molecule has 0 saturated heterocycles. The van der Waals surface area contributed by atoms with Crippen LogP contribution in [0.3, 0.4) is 0 Å². The van der Waals surface area contributed by atoms with Crippen LogP contribution in [-0.2, 0) is 20.0 Å². The standard InChI is InChI=1S/C20H31N5.HI/c1-6-21-20(22-14-19-16(3)24-25(5)17(19)4)23-15(2)12-13-18-10-8-7-9-11-18;/h7-11,15H,6,12-14H2,1-5H3,(H2,21,22,23);1H. The number of aryl methyl sites for hydroxylation is 3. The molecule has 26 heavy (non-hydrogen) atoms. The van der Waals surface area contributed by atoms with Crippen LogP contribution in [0, 0.1) is 13.8 Å². The molecule has 2 rings (SSSR count). The van der Waals surface area contributed by atoms with Crippen LogP contribution >= 0.6 is 24.0 Å². The lowest BCUT2D eigenvalue weighted by molar-refractivity contribution is 0.593. The second-order valence-electron chi connectivity index (χ2n) is 6.54. The lowest BCUT2D eigenvalue weighted by atomic mass is 10.1. The Hall–Kier alpha value is -1.57. The summed E-state index contributed by atoms with van der Waals surface area (Å²) in [7, 11) is 1.98. The van der Waals surface area contributed by atoms with Gasteiger partial charge in [-0.3, -0.25) is 4.68 Å². The van der Waals surface area contributed by atoms with Gasteiger partial charge >= 0.3 is 0 Å². The van der Waals surface area contributed by atoms with Gasteiger partial charge in [0.05, 0.1) is 12.2 Å². The summed E-state index contributed by atoms with van der Waals surface area (Å²) in [5.74, 6) is 0.866. The van der Waals surface area contributed by atoms with E-state index in [-0.39, 0.29) is 24.0 Å². The van der Waals surface area contributed by atoms with Gasteiger partial charge in [-0.25, -0.2) is 4.99 Å². The fraction of sp³-hybridized carbons (Fsp3) is 0.500. The van der Waals surface area contributed by atoms with E-state index >= 15 is 0 Å². The maximum absolute atomic E-state index is 4.75. The number of guanidine groups is 1. The molecule has 1 atom stereocenters. The number of hydrogen-bond donors (Lipinski definition) is 2. The third-order valence-electron chi connectivity index (χ3n) is 4.49. The van der Waals surface area contributed by atoms with Crippen molar-refractivity contribution in [2.24, 2.45) is 12.0 Å². The quantitative estimate of drug-likeness (QED) is 0.369. The van der Waals surface area contributed by atoms with Gasteiger partial charge < -0.3 is 10.6 Å². The van der Waals surface area contributed by atoms with E-state index in [0.717, 1.165) is 31.0 Å². The van der Waals surface area contributed by atoms with E-state index in [1.165, 1.54) is 16.8 Å². The van der Waals surface area contributed by atoms with Gasteiger partial charge in [0.25, 0.3) is 0 Å². The van der Waals surface area contributed by atoms with E-state index in [1.807, 2.05) is 18.7 Å². The molecule has 0 aliphatic carbocycles. The minimum atomic E-state index is 0. The Kier molecular flexibility index (Phi) is 9.69. The molecular weight excluding hydrogens is 437 g/mol. The van der Waals surface area contributed by atoms with E-state index in [2.05, 4.69) is 66.8 Å². The SMILES string of the molecule is CCNC(=NCc1c(C)nn(C)c1C)NC(C)CCc1ccccc1.I. The van der Waals surface area contributed by atoms with Gasteiger partial charge in [0.15, 0.2) is 5.96 Å². The van der Waals surface area contributed by atoms with Crippen LogP contribution in [0.2, 0.25) is 0 Å². The minimum absolute atomic E-state index is 0. The molecule has 0 spiro atoms. The average Bonchev–Trinajstić information content (AvgIpc) is 2.84. The van der Waals surface area contributed by atoms with Crippen LogP contribution < -0.4 is 10.6 Å². The van der Waals surface area contributed by atoms with Gasteiger partial charge in [0, 0.05) is 30.9 Å². The maximum atomic E-state index is 4.75. The van der Waals surface area contributed by atoms with Crippen LogP contribution in [0.25, 0.3) is 0 Å². The molecule has 0 saturated carbocycles. The smallest absolute Gasteiger partial charge is 0.191 e. The second-order valence-corrected chi connectivity index (χ2v) is 6.54. The molecule has 0 aliphatic rings. The largest absolute Gasteiger partial charge is 0.357 e.